The van der Waals surface area contributed by atoms with E-state index < -0.39 is 0 Å². The fraction of sp³-hybridized carbons (Fsp3) is 0.300. The molecule has 0 heterocycles. The number of methoxy groups -OCH3 is 1. The largest absolute Gasteiger partial charge is 0.496 e. The number of benzene rings is 2. The van der Waals surface area contributed by atoms with Crippen LogP contribution in [-0.2, 0) is 4.79 Å². The second-order valence-electron chi connectivity index (χ2n) is 6.06. The monoisotopic (exact) mass is 374 g/mol. The Labute approximate surface area is 159 Å². The molecule has 0 saturated carbocycles. The van der Waals surface area contributed by atoms with Crippen molar-refractivity contribution in [1.82, 2.24) is 5.43 Å². The van der Waals surface area contributed by atoms with Crippen LogP contribution in [0.2, 0.25) is 5.02 Å². The number of hydrazone groups is 1. The van der Waals surface area contributed by atoms with Gasteiger partial charge in [0.1, 0.15) is 11.5 Å². The molecule has 0 radical (unpaired) electrons. The molecule has 2 aromatic carbocycles. The summed E-state index contributed by atoms with van der Waals surface area (Å²) in [6.07, 6.45) is 1.61. The quantitative estimate of drug-likeness (QED) is 0.611. The lowest BCUT2D eigenvalue weighted by molar-refractivity contribution is -0.123. The summed E-state index contributed by atoms with van der Waals surface area (Å²) in [5.41, 5.74) is 7.28. The van der Waals surface area contributed by atoms with Gasteiger partial charge < -0.3 is 9.47 Å². The molecule has 1 amide bonds. The van der Waals surface area contributed by atoms with E-state index >= 15 is 0 Å². The summed E-state index contributed by atoms with van der Waals surface area (Å²) in [6.45, 7) is 7.62. The van der Waals surface area contributed by atoms with Gasteiger partial charge in [0.15, 0.2) is 6.61 Å². The maximum Gasteiger partial charge on any atom is 0.277 e. The average Bonchev–Trinajstić information content (AvgIpc) is 2.61. The van der Waals surface area contributed by atoms with E-state index in [9.17, 15) is 4.79 Å². The van der Waals surface area contributed by atoms with Crippen LogP contribution in [0.4, 0.5) is 0 Å². The van der Waals surface area contributed by atoms with Crippen molar-refractivity contribution in [2.45, 2.75) is 27.7 Å². The van der Waals surface area contributed by atoms with E-state index in [1.54, 1.807) is 25.5 Å². The van der Waals surface area contributed by atoms with Crippen molar-refractivity contribution >= 4 is 23.7 Å². The van der Waals surface area contributed by atoms with Crippen molar-refractivity contribution in [2.24, 2.45) is 5.10 Å². The zero-order valence-electron chi connectivity index (χ0n) is 15.6. The van der Waals surface area contributed by atoms with Gasteiger partial charge in [-0.1, -0.05) is 11.6 Å². The molecule has 0 aromatic heterocycles. The highest BCUT2D eigenvalue weighted by Crippen LogP contribution is 2.26. The lowest BCUT2D eigenvalue weighted by Gasteiger charge is -2.10. The van der Waals surface area contributed by atoms with Crippen molar-refractivity contribution in [2.75, 3.05) is 13.7 Å². The van der Waals surface area contributed by atoms with E-state index in [-0.39, 0.29) is 12.5 Å². The molecular formula is C20H23ClN2O3. The molecule has 26 heavy (non-hydrogen) atoms. The third kappa shape index (κ3) is 4.76. The topological polar surface area (TPSA) is 59.9 Å². The van der Waals surface area contributed by atoms with Gasteiger partial charge >= 0.3 is 0 Å². The maximum absolute atomic E-state index is 11.9. The van der Waals surface area contributed by atoms with Crippen molar-refractivity contribution in [3.8, 4) is 11.5 Å². The fourth-order valence-electron chi connectivity index (χ4n) is 2.52. The van der Waals surface area contributed by atoms with Crippen LogP contribution in [-0.4, -0.2) is 25.8 Å². The number of nitrogens with one attached hydrogen (secondary N) is 1. The van der Waals surface area contributed by atoms with Crippen LogP contribution in [0, 0.1) is 27.7 Å². The minimum atomic E-state index is -0.339. The Morgan fingerprint density at radius 3 is 2.42 bits per heavy atom. The first-order valence-electron chi connectivity index (χ1n) is 8.19. The van der Waals surface area contributed by atoms with Gasteiger partial charge in [-0.05, 0) is 79.8 Å². The van der Waals surface area contributed by atoms with Gasteiger partial charge in [0.2, 0.25) is 0 Å². The molecular weight excluding hydrogens is 352 g/mol. The Morgan fingerprint density at radius 1 is 1.15 bits per heavy atom. The van der Waals surface area contributed by atoms with Crippen LogP contribution in [0.25, 0.3) is 0 Å². The molecule has 5 nitrogen and oxygen atoms in total. The summed E-state index contributed by atoms with van der Waals surface area (Å²) >= 11 is 6.12. The third-order valence-corrected chi connectivity index (χ3v) is 4.77. The Kier molecular flexibility index (Phi) is 6.64. The van der Waals surface area contributed by atoms with Crippen LogP contribution in [0.5, 0.6) is 11.5 Å². The Balaban J connectivity index is 1.93. The second-order valence-corrected chi connectivity index (χ2v) is 6.44. The first-order chi connectivity index (χ1) is 12.3. The number of carbonyl (C=O) groups is 1. The number of carbonyl (C=O) groups excluding carboxylic acids is 1. The summed E-state index contributed by atoms with van der Waals surface area (Å²) in [6, 6.07) is 7.37. The normalized spacial score (nSPS) is 10.8. The molecule has 0 atom stereocenters. The number of amides is 1. The standard InChI is InChI=1S/C20H23ClN2O3/c1-12-8-17(9-13(2)20(12)21)26-11-19(24)23-22-10-16-6-7-18(25-5)15(4)14(16)3/h6-10H,11H2,1-5H3,(H,23,24). The molecule has 0 saturated heterocycles. The summed E-state index contributed by atoms with van der Waals surface area (Å²) < 4.78 is 10.8. The highest BCUT2D eigenvalue weighted by Gasteiger charge is 2.07. The zero-order valence-corrected chi connectivity index (χ0v) is 16.4. The first-order valence-corrected chi connectivity index (χ1v) is 8.57. The molecule has 0 aliphatic rings. The summed E-state index contributed by atoms with van der Waals surface area (Å²) in [4.78, 5) is 11.9. The van der Waals surface area contributed by atoms with Gasteiger partial charge in [-0.25, -0.2) is 5.43 Å². The van der Waals surface area contributed by atoms with Crippen LogP contribution in [0.3, 0.4) is 0 Å². The maximum atomic E-state index is 11.9. The summed E-state index contributed by atoms with van der Waals surface area (Å²) in [5.74, 6) is 1.09. The minimum Gasteiger partial charge on any atom is -0.496 e. The number of hydrogen-bond acceptors (Lipinski definition) is 4. The van der Waals surface area contributed by atoms with E-state index in [1.165, 1.54) is 0 Å². The van der Waals surface area contributed by atoms with Gasteiger partial charge in [0.05, 0.1) is 13.3 Å². The van der Waals surface area contributed by atoms with E-state index in [1.807, 2.05) is 39.8 Å². The van der Waals surface area contributed by atoms with E-state index in [0.717, 1.165) is 33.6 Å². The smallest absolute Gasteiger partial charge is 0.277 e. The van der Waals surface area contributed by atoms with Crippen LogP contribution in [0.15, 0.2) is 29.4 Å². The van der Waals surface area contributed by atoms with Gasteiger partial charge in [-0.2, -0.15) is 5.10 Å². The molecule has 0 spiro atoms. The van der Waals surface area contributed by atoms with Crippen molar-refractivity contribution in [3.05, 3.63) is 57.1 Å². The van der Waals surface area contributed by atoms with Gasteiger partial charge in [0, 0.05) is 5.02 Å². The fourth-order valence-corrected chi connectivity index (χ4v) is 2.63. The van der Waals surface area contributed by atoms with Gasteiger partial charge in [0.25, 0.3) is 5.91 Å². The molecule has 0 aliphatic heterocycles. The molecule has 138 valence electrons. The van der Waals surface area contributed by atoms with Crippen LogP contribution in [0.1, 0.15) is 27.8 Å². The predicted octanol–water partition coefficient (Wildman–Crippen LogP) is 4.11. The van der Waals surface area contributed by atoms with Crippen molar-refractivity contribution in [1.29, 1.82) is 0 Å². The molecule has 0 aliphatic carbocycles. The molecule has 0 unspecified atom stereocenters. The highest BCUT2D eigenvalue weighted by atomic mass is 35.5. The molecule has 6 heteroatoms. The van der Waals surface area contributed by atoms with E-state index in [2.05, 4.69) is 10.5 Å². The van der Waals surface area contributed by atoms with Gasteiger partial charge in [-0.3, -0.25) is 4.79 Å². The lowest BCUT2D eigenvalue weighted by Crippen LogP contribution is -2.24. The van der Waals surface area contributed by atoms with Crippen LogP contribution >= 0.6 is 11.6 Å². The predicted molar refractivity (Wildman–Crippen MR) is 105 cm³/mol. The number of halogens is 1. The van der Waals surface area contributed by atoms with E-state index in [4.69, 9.17) is 21.1 Å². The Morgan fingerprint density at radius 2 is 1.81 bits per heavy atom. The van der Waals surface area contributed by atoms with Crippen molar-refractivity contribution < 1.29 is 14.3 Å². The first kappa shape index (κ1) is 19.8. The molecule has 2 rings (SSSR count). The van der Waals surface area contributed by atoms with Gasteiger partial charge in [-0.15, -0.1) is 0 Å². The zero-order chi connectivity index (χ0) is 19.3. The third-order valence-electron chi connectivity index (χ3n) is 4.17. The minimum absolute atomic E-state index is 0.127. The number of nitrogens with zero attached hydrogens (tertiary/aromatic N) is 1. The number of ether oxygens (including phenoxy) is 2. The Bertz CT molecular complexity index is 824. The summed E-state index contributed by atoms with van der Waals surface area (Å²) in [7, 11) is 1.64. The number of aryl methyl sites for hydroxylation is 2. The second kappa shape index (κ2) is 8.72. The molecule has 1 N–H and O–H groups in total. The van der Waals surface area contributed by atoms with Crippen LogP contribution < -0.4 is 14.9 Å². The highest BCUT2D eigenvalue weighted by molar-refractivity contribution is 6.32. The SMILES string of the molecule is COc1ccc(C=NNC(=O)COc2cc(C)c(Cl)c(C)c2)c(C)c1C. The molecule has 0 bridgehead atoms. The van der Waals surface area contributed by atoms with Crippen molar-refractivity contribution in [3.63, 3.8) is 0 Å². The number of hydrogen-bond donors (Lipinski definition) is 1. The average molecular weight is 375 g/mol. The van der Waals surface area contributed by atoms with E-state index in [0.29, 0.717) is 10.8 Å². The molecule has 0 fully saturated rings. The molecule has 2 aromatic rings. The summed E-state index contributed by atoms with van der Waals surface area (Å²) in [5, 5.41) is 4.70. The lowest BCUT2D eigenvalue weighted by atomic mass is 10.0. The number of rotatable bonds is 6. The Hall–Kier alpha value is -2.53.